The number of nitrogens with zero attached hydrogens (tertiary/aromatic N) is 2. The van der Waals surface area contributed by atoms with Gasteiger partial charge in [0.25, 0.3) is 5.91 Å². The molecule has 1 heterocycles. The number of anilines is 1. The van der Waals surface area contributed by atoms with Crippen LogP contribution in [0, 0.1) is 0 Å². The number of nitrogens with two attached hydrogens (primary N) is 1. The topological polar surface area (TPSA) is 128 Å². The van der Waals surface area contributed by atoms with Crippen LogP contribution < -0.4 is 16.4 Å². The molecule has 4 N–H and O–H groups in total. The van der Waals surface area contributed by atoms with Gasteiger partial charge in [0.05, 0.1) is 11.9 Å². The molecule has 1 aromatic heterocycles. The van der Waals surface area contributed by atoms with Crippen LogP contribution in [0.1, 0.15) is 13.8 Å². The van der Waals surface area contributed by atoms with E-state index in [1.54, 1.807) is 6.92 Å². The molecule has 0 aliphatic rings. The molecule has 0 aliphatic heterocycles. The number of imide groups is 1. The summed E-state index contributed by atoms with van der Waals surface area (Å²) in [5.74, 6) is -1.36. The summed E-state index contributed by atoms with van der Waals surface area (Å²) in [6, 6.07) is -0.639. The number of aromatic nitrogens is 2. The van der Waals surface area contributed by atoms with Crippen molar-refractivity contribution < 1.29 is 19.1 Å². The molecule has 3 amide bonds. The highest BCUT2D eigenvalue weighted by Gasteiger charge is 2.19. The molecule has 20 heavy (non-hydrogen) atoms. The highest BCUT2D eigenvalue weighted by Crippen LogP contribution is 1.99. The number of ether oxygens (including phenoxy) is 1. The Morgan fingerprint density at radius 3 is 2.75 bits per heavy atom. The van der Waals surface area contributed by atoms with Crippen LogP contribution in [0.3, 0.4) is 0 Å². The van der Waals surface area contributed by atoms with Crippen LogP contribution in [0.4, 0.5) is 10.5 Å². The summed E-state index contributed by atoms with van der Waals surface area (Å²) in [5.41, 5.74) is 5.86. The van der Waals surface area contributed by atoms with Crippen LogP contribution in [0.2, 0.25) is 0 Å². The molecule has 0 bridgehead atoms. The Kier molecular flexibility index (Phi) is 5.51. The lowest BCUT2D eigenvalue weighted by atomic mass is 10.4. The van der Waals surface area contributed by atoms with Gasteiger partial charge in [0.1, 0.15) is 6.54 Å². The monoisotopic (exact) mass is 283 g/mol. The molecule has 1 unspecified atom stereocenters. The molecule has 0 radical (unpaired) electrons. The number of carbonyl (C=O) groups is 3. The zero-order valence-corrected chi connectivity index (χ0v) is 11.3. The summed E-state index contributed by atoms with van der Waals surface area (Å²) >= 11 is 0. The average molecular weight is 283 g/mol. The van der Waals surface area contributed by atoms with E-state index < -0.39 is 24.0 Å². The molecule has 9 nitrogen and oxygen atoms in total. The number of hydrogen-bond donors (Lipinski definition) is 3. The first-order chi connectivity index (χ1) is 9.42. The number of nitrogens with one attached hydrogen (secondary N) is 2. The fourth-order valence-corrected chi connectivity index (χ4v) is 1.30. The quantitative estimate of drug-likeness (QED) is 0.609. The Labute approximate surface area is 115 Å². The fraction of sp³-hybridized carbons (Fsp3) is 0.455. The van der Waals surface area contributed by atoms with Gasteiger partial charge in [-0.2, -0.15) is 5.10 Å². The smallest absolute Gasteiger partial charge is 0.328 e. The van der Waals surface area contributed by atoms with Crippen LogP contribution in [0.25, 0.3) is 0 Å². The Hall–Kier alpha value is -2.58. The van der Waals surface area contributed by atoms with Gasteiger partial charge in [-0.3, -0.25) is 19.6 Å². The Morgan fingerprint density at radius 2 is 2.20 bits per heavy atom. The first kappa shape index (κ1) is 15.5. The van der Waals surface area contributed by atoms with Gasteiger partial charge in [0.2, 0.25) is 0 Å². The molecular weight excluding hydrogens is 266 g/mol. The van der Waals surface area contributed by atoms with E-state index in [0.29, 0.717) is 12.2 Å². The van der Waals surface area contributed by atoms with E-state index in [1.165, 1.54) is 24.0 Å². The van der Waals surface area contributed by atoms with E-state index in [4.69, 9.17) is 10.5 Å². The normalized spacial score (nSPS) is 11.5. The first-order valence-electron chi connectivity index (χ1n) is 5.98. The van der Waals surface area contributed by atoms with Crippen LogP contribution in [0.5, 0.6) is 0 Å². The molecule has 0 saturated carbocycles. The third-order valence-electron chi connectivity index (χ3n) is 2.20. The molecule has 9 heteroatoms. The molecule has 0 fully saturated rings. The number of nitrogen functional groups attached to an aromatic ring is 1. The summed E-state index contributed by atoms with van der Waals surface area (Å²) in [5, 5.41) is 8.24. The number of esters is 1. The highest BCUT2D eigenvalue weighted by atomic mass is 16.5. The van der Waals surface area contributed by atoms with E-state index in [0.717, 1.165) is 0 Å². The maximum Gasteiger partial charge on any atom is 0.328 e. The van der Waals surface area contributed by atoms with Crippen molar-refractivity contribution in [1.29, 1.82) is 0 Å². The van der Waals surface area contributed by atoms with E-state index in [-0.39, 0.29) is 6.54 Å². The number of amides is 3. The van der Waals surface area contributed by atoms with Gasteiger partial charge < -0.3 is 15.8 Å². The van der Waals surface area contributed by atoms with E-state index in [2.05, 4.69) is 10.4 Å². The molecular formula is C11H17N5O4. The lowest BCUT2D eigenvalue weighted by molar-refractivity contribution is -0.155. The summed E-state index contributed by atoms with van der Waals surface area (Å²) in [7, 11) is 0. The van der Waals surface area contributed by atoms with E-state index >= 15 is 0 Å². The lowest BCUT2D eigenvalue weighted by Crippen LogP contribution is -2.44. The predicted molar refractivity (Wildman–Crippen MR) is 69.4 cm³/mol. The molecule has 0 aromatic carbocycles. The second-order valence-corrected chi connectivity index (χ2v) is 3.95. The Bertz CT molecular complexity index is 499. The maximum absolute atomic E-state index is 11.5. The molecule has 0 spiro atoms. The second kappa shape index (κ2) is 7.12. The number of carbonyl (C=O) groups excluding carboxylic acids is 3. The van der Waals surface area contributed by atoms with Crippen molar-refractivity contribution in [2.75, 3.05) is 12.3 Å². The maximum atomic E-state index is 11.5. The minimum Gasteiger partial charge on any atom is -0.451 e. The summed E-state index contributed by atoms with van der Waals surface area (Å²) in [6.45, 7) is 3.29. The lowest BCUT2D eigenvalue weighted by Gasteiger charge is -2.12. The standard InChI is InChI=1S/C11H17N5O4/c1-3-13-11(19)15-10(18)7(2)20-9(17)6-16-5-8(12)4-14-16/h4-5,7H,3,6,12H2,1-2H3,(H2,13,15,18,19). The van der Waals surface area contributed by atoms with Crippen molar-refractivity contribution in [3.8, 4) is 0 Å². The minimum atomic E-state index is -1.09. The highest BCUT2D eigenvalue weighted by molar-refractivity contribution is 5.97. The zero-order valence-electron chi connectivity index (χ0n) is 11.3. The van der Waals surface area contributed by atoms with Crippen molar-refractivity contribution in [1.82, 2.24) is 20.4 Å². The SMILES string of the molecule is CCNC(=O)NC(=O)C(C)OC(=O)Cn1cc(N)cn1. The van der Waals surface area contributed by atoms with E-state index in [1.807, 2.05) is 5.32 Å². The van der Waals surface area contributed by atoms with Gasteiger partial charge >= 0.3 is 12.0 Å². The third kappa shape index (κ3) is 4.96. The van der Waals surface area contributed by atoms with Crippen molar-refractivity contribution >= 4 is 23.6 Å². The first-order valence-corrected chi connectivity index (χ1v) is 5.98. The summed E-state index contributed by atoms with van der Waals surface area (Å²) < 4.78 is 6.16. The molecule has 110 valence electrons. The number of rotatable bonds is 5. The fourth-order valence-electron chi connectivity index (χ4n) is 1.30. The van der Waals surface area contributed by atoms with E-state index in [9.17, 15) is 14.4 Å². The van der Waals surface area contributed by atoms with Gasteiger partial charge in [-0.1, -0.05) is 0 Å². The van der Waals surface area contributed by atoms with Gasteiger partial charge in [-0.25, -0.2) is 4.79 Å². The third-order valence-corrected chi connectivity index (χ3v) is 2.20. The Balaban J connectivity index is 2.40. The van der Waals surface area contributed by atoms with Crippen molar-refractivity contribution in [3.63, 3.8) is 0 Å². The summed E-state index contributed by atoms with van der Waals surface area (Å²) in [6.07, 6.45) is 1.76. The number of hydrogen-bond acceptors (Lipinski definition) is 6. The van der Waals surface area contributed by atoms with Crippen LogP contribution in [-0.4, -0.2) is 40.3 Å². The molecule has 0 saturated heterocycles. The molecule has 1 atom stereocenters. The molecule has 1 aromatic rings. The summed E-state index contributed by atoms with van der Waals surface area (Å²) in [4.78, 5) is 34.2. The van der Waals surface area contributed by atoms with Crippen molar-refractivity contribution in [2.24, 2.45) is 0 Å². The largest absolute Gasteiger partial charge is 0.451 e. The van der Waals surface area contributed by atoms with Crippen LogP contribution in [0.15, 0.2) is 12.4 Å². The zero-order chi connectivity index (χ0) is 15.1. The Morgan fingerprint density at radius 1 is 1.50 bits per heavy atom. The van der Waals surface area contributed by atoms with Crippen LogP contribution >= 0.6 is 0 Å². The minimum absolute atomic E-state index is 0.171. The second-order valence-electron chi connectivity index (χ2n) is 3.95. The molecule has 0 aliphatic carbocycles. The van der Waals surface area contributed by atoms with Crippen molar-refractivity contribution in [2.45, 2.75) is 26.5 Å². The van der Waals surface area contributed by atoms with Gasteiger partial charge in [-0.05, 0) is 13.8 Å². The van der Waals surface area contributed by atoms with Crippen LogP contribution in [-0.2, 0) is 20.9 Å². The van der Waals surface area contributed by atoms with Gasteiger partial charge in [-0.15, -0.1) is 0 Å². The van der Waals surface area contributed by atoms with Crippen molar-refractivity contribution in [3.05, 3.63) is 12.4 Å². The average Bonchev–Trinajstić information content (AvgIpc) is 2.74. The predicted octanol–water partition coefficient (Wildman–Crippen LogP) is -0.757. The number of urea groups is 1. The van der Waals surface area contributed by atoms with Gasteiger partial charge in [0.15, 0.2) is 6.10 Å². The van der Waals surface area contributed by atoms with Gasteiger partial charge in [0, 0.05) is 12.7 Å². The molecule has 1 rings (SSSR count).